The minimum absolute atomic E-state index is 0.0530. The highest BCUT2D eigenvalue weighted by atomic mass is 19.4. The number of benzene rings is 1. The first kappa shape index (κ1) is 14.3. The first-order chi connectivity index (χ1) is 8.88. The molecule has 0 saturated heterocycles. The van der Waals surface area contributed by atoms with Crippen LogP contribution < -0.4 is 5.32 Å². The zero-order valence-corrected chi connectivity index (χ0v) is 11.2. The molecule has 1 aliphatic rings. The van der Waals surface area contributed by atoms with E-state index in [1.165, 1.54) is 12.1 Å². The number of aryl methyl sites for hydroxylation is 1. The normalized spacial score (nSPS) is 18.9. The van der Waals surface area contributed by atoms with Crippen LogP contribution in [-0.2, 0) is 12.6 Å². The molecule has 0 fully saturated rings. The van der Waals surface area contributed by atoms with Crippen LogP contribution in [0.1, 0.15) is 29.2 Å². The van der Waals surface area contributed by atoms with Crippen molar-refractivity contribution in [1.29, 1.82) is 0 Å². The molecular weight excluding hydrogens is 253 g/mol. The lowest BCUT2D eigenvalue weighted by atomic mass is 10.0. The Morgan fingerprint density at radius 2 is 2.05 bits per heavy atom. The lowest BCUT2D eigenvalue weighted by molar-refractivity contribution is -0.137. The van der Waals surface area contributed by atoms with Gasteiger partial charge in [-0.25, -0.2) is 0 Å². The molecule has 0 heterocycles. The zero-order valence-electron chi connectivity index (χ0n) is 11.2. The number of hydrogen-bond donors (Lipinski definition) is 1. The van der Waals surface area contributed by atoms with Gasteiger partial charge in [-0.05, 0) is 50.2 Å². The van der Waals surface area contributed by atoms with Gasteiger partial charge in [0.2, 0.25) is 0 Å². The highest BCUT2D eigenvalue weighted by Gasteiger charge is 2.33. The third-order valence-electron chi connectivity index (χ3n) is 3.50. The van der Waals surface area contributed by atoms with Crippen molar-refractivity contribution in [2.24, 2.45) is 0 Å². The Kier molecular flexibility index (Phi) is 4.16. The van der Waals surface area contributed by atoms with Crippen molar-refractivity contribution in [3.05, 3.63) is 34.9 Å². The maximum Gasteiger partial charge on any atom is 0.416 e. The average Bonchev–Trinajstić information content (AvgIpc) is 2.70. The molecule has 0 saturated carbocycles. The maximum absolute atomic E-state index is 12.7. The van der Waals surface area contributed by atoms with E-state index < -0.39 is 11.7 Å². The van der Waals surface area contributed by atoms with Crippen LogP contribution >= 0.6 is 0 Å². The molecule has 0 radical (unpaired) electrons. The number of rotatable bonds is 4. The van der Waals surface area contributed by atoms with Gasteiger partial charge in [-0.1, -0.05) is 6.07 Å². The van der Waals surface area contributed by atoms with E-state index in [4.69, 9.17) is 0 Å². The van der Waals surface area contributed by atoms with E-state index in [1.807, 2.05) is 14.1 Å². The van der Waals surface area contributed by atoms with Crippen LogP contribution in [0.5, 0.6) is 0 Å². The molecule has 1 N–H and O–H groups in total. The molecule has 0 aromatic heterocycles. The molecular formula is C14H19F3N2. The van der Waals surface area contributed by atoms with Crippen molar-refractivity contribution in [2.75, 3.05) is 27.2 Å². The van der Waals surface area contributed by atoms with Crippen LogP contribution in [0.15, 0.2) is 18.2 Å². The van der Waals surface area contributed by atoms with Gasteiger partial charge in [0.1, 0.15) is 0 Å². The minimum atomic E-state index is -4.26. The summed E-state index contributed by atoms with van der Waals surface area (Å²) in [5.41, 5.74) is 1.30. The largest absolute Gasteiger partial charge is 0.416 e. The molecule has 0 spiro atoms. The standard InChI is InChI=1S/C14H19F3N2/c1-19(2)8-7-18-13-6-4-10-3-5-11(9-12(10)13)14(15,16)17/h3,5,9,13,18H,4,6-8H2,1-2H3. The zero-order chi connectivity index (χ0) is 14.0. The van der Waals surface area contributed by atoms with E-state index >= 15 is 0 Å². The number of nitrogens with one attached hydrogen (secondary N) is 1. The maximum atomic E-state index is 12.7. The van der Waals surface area contributed by atoms with E-state index in [1.54, 1.807) is 6.07 Å². The Labute approximate surface area is 111 Å². The van der Waals surface area contributed by atoms with Crippen molar-refractivity contribution in [3.63, 3.8) is 0 Å². The van der Waals surface area contributed by atoms with Crippen molar-refractivity contribution >= 4 is 0 Å². The molecule has 1 aromatic rings. The van der Waals surface area contributed by atoms with Crippen LogP contribution in [0.2, 0.25) is 0 Å². The second kappa shape index (κ2) is 5.51. The molecule has 5 heteroatoms. The second-order valence-corrected chi connectivity index (χ2v) is 5.26. The summed E-state index contributed by atoms with van der Waals surface area (Å²) in [7, 11) is 3.96. The predicted octanol–water partition coefficient (Wildman–Crippen LogP) is 2.84. The number of hydrogen-bond acceptors (Lipinski definition) is 2. The number of likely N-dealkylation sites (N-methyl/N-ethyl adjacent to an activating group) is 1. The van der Waals surface area contributed by atoms with Crippen molar-refractivity contribution < 1.29 is 13.2 Å². The first-order valence-electron chi connectivity index (χ1n) is 6.46. The molecule has 1 unspecified atom stereocenters. The SMILES string of the molecule is CN(C)CCNC1CCc2ccc(C(F)(F)F)cc21. The molecule has 2 nitrogen and oxygen atoms in total. The van der Waals surface area contributed by atoms with E-state index in [-0.39, 0.29) is 6.04 Å². The van der Waals surface area contributed by atoms with Gasteiger partial charge < -0.3 is 10.2 Å². The fourth-order valence-corrected chi connectivity index (χ4v) is 2.45. The van der Waals surface area contributed by atoms with E-state index in [0.717, 1.165) is 37.1 Å². The molecule has 0 aliphatic heterocycles. The highest BCUT2D eigenvalue weighted by Crippen LogP contribution is 2.36. The third-order valence-corrected chi connectivity index (χ3v) is 3.50. The number of nitrogens with zero attached hydrogens (tertiary/aromatic N) is 1. The molecule has 2 rings (SSSR count). The predicted molar refractivity (Wildman–Crippen MR) is 69.1 cm³/mol. The first-order valence-corrected chi connectivity index (χ1v) is 6.46. The Morgan fingerprint density at radius 1 is 1.32 bits per heavy atom. The summed E-state index contributed by atoms with van der Waals surface area (Å²) in [6, 6.07) is 4.15. The summed E-state index contributed by atoms with van der Waals surface area (Å²) in [5.74, 6) is 0. The van der Waals surface area contributed by atoms with Gasteiger partial charge in [-0.2, -0.15) is 13.2 Å². The van der Waals surface area contributed by atoms with Gasteiger partial charge in [0.25, 0.3) is 0 Å². The van der Waals surface area contributed by atoms with Gasteiger partial charge in [0.05, 0.1) is 5.56 Å². The third kappa shape index (κ3) is 3.48. The van der Waals surface area contributed by atoms with Crippen molar-refractivity contribution in [2.45, 2.75) is 25.1 Å². The lowest BCUT2D eigenvalue weighted by Gasteiger charge is -2.17. The summed E-state index contributed by atoms with van der Waals surface area (Å²) >= 11 is 0. The fourth-order valence-electron chi connectivity index (χ4n) is 2.45. The van der Waals surface area contributed by atoms with Crippen LogP contribution in [0.4, 0.5) is 13.2 Å². The molecule has 0 amide bonds. The van der Waals surface area contributed by atoms with Crippen LogP contribution in [-0.4, -0.2) is 32.1 Å². The summed E-state index contributed by atoms with van der Waals surface area (Å²) in [4.78, 5) is 2.05. The van der Waals surface area contributed by atoms with E-state index in [0.29, 0.717) is 0 Å². The van der Waals surface area contributed by atoms with E-state index in [2.05, 4.69) is 10.2 Å². The number of alkyl halides is 3. The Bertz CT molecular complexity index is 441. The number of halogens is 3. The van der Waals surface area contributed by atoms with Gasteiger partial charge in [-0.15, -0.1) is 0 Å². The quantitative estimate of drug-likeness (QED) is 0.906. The number of fused-ring (bicyclic) bond motifs is 1. The van der Waals surface area contributed by atoms with Gasteiger partial charge in [0.15, 0.2) is 0 Å². The summed E-state index contributed by atoms with van der Waals surface area (Å²) < 4.78 is 38.1. The Hall–Kier alpha value is -1.07. The second-order valence-electron chi connectivity index (χ2n) is 5.26. The lowest BCUT2D eigenvalue weighted by Crippen LogP contribution is -2.29. The molecule has 1 atom stereocenters. The van der Waals surface area contributed by atoms with Crippen molar-refractivity contribution in [1.82, 2.24) is 10.2 Å². The average molecular weight is 272 g/mol. The van der Waals surface area contributed by atoms with Crippen molar-refractivity contribution in [3.8, 4) is 0 Å². The topological polar surface area (TPSA) is 15.3 Å². The van der Waals surface area contributed by atoms with Gasteiger partial charge in [-0.3, -0.25) is 0 Å². The molecule has 0 bridgehead atoms. The minimum Gasteiger partial charge on any atom is -0.309 e. The summed E-state index contributed by atoms with van der Waals surface area (Å²) in [6.07, 6.45) is -2.52. The van der Waals surface area contributed by atoms with Crippen LogP contribution in [0.3, 0.4) is 0 Å². The smallest absolute Gasteiger partial charge is 0.309 e. The van der Waals surface area contributed by atoms with Crippen LogP contribution in [0.25, 0.3) is 0 Å². The molecule has 19 heavy (non-hydrogen) atoms. The molecule has 1 aromatic carbocycles. The Balaban J connectivity index is 2.09. The van der Waals surface area contributed by atoms with E-state index in [9.17, 15) is 13.2 Å². The molecule has 1 aliphatic carbocycles. The molecule has 106 valence electrons. The Morgan fingerprint density at radius 3 is 2.68 bits per heavy atom. The van der Waals surface area contributed by atoms with Crippen LogP contribution in [0, 0.1) is 0 Å². The monoisotopic (exact) mass is 272 g/mol. The van der Waals surface area contributed by atoms with Gasteiger partial charge >= 0.3 is 6.18 Å². The fraction of sp³-hybridized carbons (Fsp3) is 0.571. The highest BCUT2D eigenvalue weighted by molar-refractivity contribution is 5.39. The summed E-state index contributed by atoms with van der Waals surface area (Å²) in [6.45, 7) is 1.66. The van der Waals surface area contributed by atoms with Gasteiger partial charge in [0, 0.05) is 19.1 Å². The summed E-state index contributed by atoms with van der Waals surface area (Å²) in [5, 5.41) is 3.34.